The van der Waals surface area contributed by atoms with Crippen molar-refractivity contribution < 1.29 is 13.2 Å². The maximum Gasteiger partial charge on any atom is 0.240 e. The summed E-state index contributed by atoms with van der Waals surface area (Å²) in [7, 11) is -3.22. The third-order valence-corrected chi connectivity index (χ3v) is 6.42. The molecule has 6 heteroatoms. The number of sulfone groups is 1. The maximum absolute atomic E-state index is 12.4. The first-order valence-corrected chi connectivity index (χ1v) is 8.96. The molecule has 110 valence electrons. The first kappa shape index (κ1) is 14.8. The normalized spacial score (nSPS) is 31.1. The molecule has 19 heavy (non-hydrogen) atoms. The number of rotatable bonds is 3. The van der Waals surface area contributed by atoms with Crippen LogP contribution in [0.25, 0.3) is 0 Å². The zero-order valence-corrected chi connectivity index (χ0v) is 12.2. The zero-order valence-electron chi connectivity index (χ0n) is 11.4. The predicted octanol–water partition coefficient (Wildman–Crippen LogP) is 0.541. The molecule has 0 aromatic heterocycles. The molecule has 2 heterocycles. The van der Waals surface area contributed by atoms with Crippen molar-refractivity contribution in [1.29, 1.82) is 0 Å². The number of nitrogens with two attached hydrogens (primary N) is 1. The molecule has 2 fully saturated rings. The van der Waals surface area contributed by atoms with E-state index in [9.17, 15) is 13.2 Å². The SMILES string of the molecule is NCCC1CCCN(C(=O)C2CCCCS2(=O)=O)C1. The van der Waals surface area contributed by atoms with Crippen LogP contribution in [0.5, 0.6) is 0 Å². The Balaban J connectivity index is 2.02. The van der Waals surface area contributed by atoms with E-state index < -0.39 is 15.1 Å². The highest BCUT2D eigenvalue weighted by Gasteiger charge is 2.38. The van der Waals surface area contributed by atoms with Crippen LogP contribution in [0.4, 0.5) is 0 Å². The summed E-state index contributed by atoms with van der Waals surface area (Å²) >= 11 is 0. The van der Waals surface area contributed by atoms with Gasteiger partial charge < -0.3 is 10.6 Å². The van der Waals surface area contributed by atoms with E-state index in [4.69, 9.17) is 5.73 Å². The fourth-order valence-corrected chi connectivity index (χ4v) is 5.05. The Hall–Kier alpha value is -0.620. The fraction of sp³-hybridized carbons (Fsp3) is 0.923. The van der Waals surface area contributed by atoms with E-state index in [1.807, 2.05) is 0 Å². The fourth-order valence-electron chi connectivity index (χ4n) is 3.17. The summed E-state index contributed by atoms with van der Waals surface area (Å²) in [5.41, 5.74) is 5.57. The lowest BCUT2D eigenvalue weighted by molar-refractivity contribution is -0.132. The van der Waals surface area contributed by atoms with Crippen molar-refractivity contribution in [1.82, 2.24) is 4.90 Å². The van der Waals surface area contributed by atoms with Crippen molar-refractivity contribution in [3.63, 3.8) is 0 Å². The van der Waals surface area contributed by atoms with Crippen molar-refractivity contribution in [2.45, 2.75) is 43.8 Å². The molecule has 0 saturated carbocycles. The monoisotopic (exact) mass is 288 g/mol. The van der Waals surface area contributed by atoms with Gasteiger partial charge in [0.15, 0.2) is 9.84 Å². The lowest BCUT2D eigenvalue weighted by atomic mass is 9.94. The van der Waals surface area contributed by atoms with E-state index >= 15 is 0 Å². The first-order valence-electron chi connectivity index (χ1n) is 7.25. The molecule has 2 aliphatic rings. The Bertz CT molecular complexity index is 420. The summed E-state index contributed by atoms with van der Waals surface area (Å²) in [6, 6.07) is 0. The molecule has 0 aromatic carbocycles. The van der Waals surface area contributed by atoms with E-state index in [2.05, 4.69) is 0 Å². The van der Waals surface area contributed by atoms with E-state index in [0.29, 0.717) is 38.4 Å². The van der Waals surface area contributed by atoms with Gasteiger partial charge in [-0.3, -0.25) is 4.79 Å². The Morgan fingerprint density at radius 3 is 2.68 bits per heavy atom. The van der Waals surface area contributed by atoms with E-state index in [-0.39, 0.29) is 11.7 Å². The number of piperidine rings is 1. The highest BCUT2D eigenvalue weighted by Crippen LogP contribution is 2.25. The van der Waals surface area contributed by atoms with Gasteiger partial charge in [-0.2, -0.15) is 0 Å². The number of hydrogen-bond donors (Lipinski definition) is 1. The summed E-state index contributed by atoms with van der Waals surface area (Å²) in [5.74, 6) is 0.444. The van der Waals surface area contributed by atoms with Gasteiger partial charge in [0.1, 0.15) is 5.25 Å². The van der Waals surface area contributed by atoms with Crippen LogP contribution in [-0.4, -0.2) is 49.9 Å². The minimum Gasteiger partial charge on any atom is -0.341 e. The molecule has 0 radical (unpaired) electrons. The van der Waals surface area contributed by atoms with Crippen molar-refractivity contribution >= 4 is 15.7 Å². The average molecular weight is 288 g/mol. The Morgan fingerprint density at radius 2 is 2.00 bits per heavy atom. The molecule has 0 bridgehead atoms. The Labute approximate surface area is 115 Å². The molecule has 2 aliphatic heterocycles. The average Bonchev–Trinajstić information content (AvgIpc) is 2.38. The van der Waals surface area contributed by atoms with E-state index in [0.717, 1.165) is 25.7 Å². The second kappa shape index (κ2) is 6.22. The van der Waals surface area contributed by atoms with Gasteiger partial charge in [0, 0.05) is 13.1 Å². The molecular weight excluding hydrogens is 264 g/mol. The largest absolute Gasteiger partial charge is 0.341 e. The molecule has 0 spiro atoms. The Kier molecular flexibility index (Phi) is 4.84. The van der Waals surface area contributed by atoms with Crippen LogP contribution in [0.3, 0.4) is 0 Å². The molecule has 2 N–H and O–H groups in total. The standard InChI is InChI=1S/C13H24N2O3S/c14-7-6-11-4-3-8-15(10-11)13(16)12-5-1-2-9-19(12,17)18/h11-12H,1-10,14H2. The van der Waals surface area contributed by atoms with Gasteiger partial charge in [0.25, 0.3) is 0 Å². The molecule has 1 amide bonds. The van der Waals surface area contributed by atoms with Crippen LogP contribution in [0.2, 0.25) is 0 Å². The lowest BCUT2D eigenvalue weighted by Crippen LogP contribution is -2.49. The number of carbonyl (C=O) groups is 1. The Morgan fingerprint density at radius 1 is 1.21 bits per heavy atom. The van der Waals surface area contributed by atoms with Crippen LogP contribution < -0.4 is 5.73 Å². The van der Waals surface area contributed by atoms with Gasteiger partial charge in [-0.05, 0) is 44.6 Å². The number of hydrogen-bond acceptors (Lipinski definition) is 4. The van der Waals surface area contributed by atoms with Crippen molar-refractivity contribution in [3.05, 3.63) is 0 Å². The number of likely N-dealkylation sites (tertiary alicyclic amines) is 1. The summed E-state index contributed by atoms with van der Waals surface area (Å²) in [6.45, 7) is 2.02. The summed E-state index contributed by atoms with van der Waals surface area (Å²) in [4.78, 5) is 14.2. The second-order valence-corrected chi connectivity index (χ2v) is 8.02. The minimum atomic E-state index is -3.22. The van der Waals surface area contributed by atoms with Gasteiger partial charge in [-0.15, -0.1) is 0 Å². The highest BCUT2D eigenvalue weighted by molar-refractivity contribution is 7.92. The van der Waals surface area contributed by atoms with Gasteiger partial charge in [-0.25, -0.2) is 8.42 Å². The molecule has 5 nitrogen and oxygen atoms in total. The van der Waals surface area contributed by atoms with Gasteiger partial charge in [0.2, 0.25) is 5.91 Å². The third-order valence-electron chi connectivity index (χ3n) is 4.26. The molecular formula is C13H24N2O3S. The van der Waals surface area contributed by atoms with Gasteiger partial charge >= 0.3 is 0 Å². The quantitative estimate of drug-likeness (QED) is 0.822. The molecule has 0 aromatic rings. The zero-order chi connectivity index (χ0) is 13.9. The maximum atomic E-state index is 12.4. The van der Waals surface area contributed by atoms with Crippen LogP contribution in [0, 0.1) is 5.92 Å². The topological polar surface area (TPSA) is 80.5 Å². The molecule has 2 atom stereocenters. The van der Waals surface area contributed by atoms with Crippen molar-refractivity contribution in [2.24, 2.45) is 11.7 Å². The summed E-state index contributed by atoms with van der Waals surface area (Å²) in [5, 5.41) is -0.780. The smallest absolute Gasteiger partial charge is 0.240 e. The van der Waals surface area contributed by atoms with Crippen molar-refractivity contribution in [3.8, 4) is 0 Å². The van der Waals surface area contributed by atoms with Crippen molar-refractivity contribution in [2.75, 3.05) is 25.4 Å². The highest BCUT2D eigenvalue weighted by atomic mass is 32.2. The second-order valence-electron chi connectivity index (χ2n) is 5.72. The third kappa shape index (κ3) is 3.48. The van der Waals surface area contributed by atoms with Crippen LogP contribution >= 0.6 is 0 Å². The molecule has 0 aliphatic carbocycles. The van der Waals surface area contributed by atoms with Crippen LogP contribution in [-0.2, 0) is 14.6 Å². The van der Waals surface area contributed by atoms with Crippen LogP contribution in [0.1, 0.15) is 38.5 Å². The molecule has 2 rings (SSSR count). The molecule has 2 unspecified atom stereocenters. The number of amides is 1. The minimum absolute atomic E-state index is 0.165. The van der Waals surface area contributed by atoms with Gasteiger partial charge in [0.05, 0.1) is 5.75 Å². The number of carbonyl (C=O) groups excluding carboxylic acids is 1. The van der Waals surface area contributed by atoms with Crippen LogP contribution in [0.15, 0.2) is 0 Å². The summed E-state index contributed by atoms with van der Waals surface area (Å²) < 4.78 is 24.0. The summed E-state index contributed by atoms with van der Waals surface area (Å²) in [6.07, 6.45) is 5.01. The molecule has 2 saturated heterocycles. The lowest BCUT2D eigenvalue weighted by Gasteiger charge is -2.35. The number of nitrogens with zero attached hydrogens (tertiary/aromatic N) is 1. The van der Waals surface area contributed by atoms with Gasteiger partial charge in [-0.1, -0.05) is 6.42 Å². The van der Waals surface area contributed by atoms with E-state index in [1.165, 1.54) is 0 Å². The first-order chi connectivity index (χ1) is 9.04. The predicted molar refractivity (Wildman–Crippen MR) is 74.4 cm³/mol. The van der Waals surface area contributed by atoms with E-state index in [1.54, 1.807) is 4.90 Å².